The molecule has 0 aromatic heterocycles. The Balaban J connectivity index is 3.24. The Labute approximate surface area is 104 Å². The number of ether oxygens (including phenoxy) is 1. The molecule has 1 aromatic carbocycles. The SMILES string of the molecule is C=Cc1ccc([N+](=O)[O-])c(OC(C)(C)C(=O)O)c1. The molecular weight excluding hydrogens is 238 g/mol. The van der Waals surface area contributed by atoms with Gasteiger partial charge in [-0.1, -0.05) is 12.7 Å². The minimum atomic E-state index is -1.55. The number of nitro benzene ring substituents is 1. The number of carboxylic acids is 1. The molecule has 0 radical (unpaired) electrons. The zero-order chi connectivity index (χ0) is 13.9. The third-order valence-corrected chi connectivity index (χ3v) is 2.30. The molecule has 1 N–H and O–H groups in total. The summed E-state index contributed by atoms with van der Waals surface area (Å²) in [5.41, 5.74) is -1.23. The number of benzene rings is 1. The van der Waals surface area contributed by atoms with Gasteiger partial charge in [0.25, 0.3) is 0 Å². The number of nitrogens with zero attached hydrogens (tertiary/aromatic N) is 1. The first kappa shape index (κ1) is 13.7. The van der Waals surface area contributed by atoms with Crippen LogP contribution in [0.25, 0.3) is 6.08 Å². The lowest BCUT2D eigenvalue weighted by Crippen LogP contribution is -2.38. The van der Waals surface area contributed by atoms with E-state index in [-0.39, 0.29) is 11.4 Å². The van der Waals surface area contributed by atoms with Crippen molar-refractivity contribution in [3.63, 3.8) is 0 Å². The summed E-state index contributed by atoms with van der Waals surface area (Å²) in [7, 11) is 0. The smallest absolute Gasteiger partial charge is 0.347 e. The highest BCUT2D eigenvalue weighted by atomic mass is 16.6. The van der Waals surface area contributed by atoms with Gasteiger partial charge in [-0.2, -0.15) is 0 Å². The normalized spacial score (nSPS) is 10.8. The molecule has 0 unspecified atom stereocenters. The maximum atomic E-state index is 10.9. The molecule has 0 spiro atoms. The van der Waals surface area contributed by atoms with E-state index in [0.717, 1.165) is 0 Å². The lowest BCUT2D eigenvalue weighted by molar-refractivity contribution is -0.386. The van der Waals surface area contributed by atoms with Crippen LogP contribution in [0.2, 0.25) is 0 Å². The molecule has 0 aliphatic rings. The fourth-order valence-electron chi connectivity index (χ4n) is 1.21. The molecule has 0 saturated carbocycles. The van der Waals surface area contributed by atoms with E-state index >= 15 is 0 Å². The quantitative estimate of drug-likeness (QED) is 0.641. The van der Waals surface area contributed by atoms with Crippen LogP contribution in [0.15, 0.2) is 24.8 Å². The van der Waals surface area contributed by atoms with Crippen molar-refractivity contribution in [1.29, 1.82) is 0 Å². The molecule has 0 aliphatic heterocycles. The molecule has 0 amide bonds. The highest BCUT2D eigenvalue weighted by Gasteiger charge is 2.32. The average molecular weight is 251 g/mol. The maximum absolute atomic E-state index is 10.9. The lowest BCUT2D eigenvalue weighted by atomic mass is 10.1. The standard InChI is InChI=1S/C12H13NO5/c1-4-8-5-6-9(13(16)17)10(7-8)18-12(2,3)11(14)15/h4-7H,1H2,2-3H3,(H,14,15). The van der Waals surface area contributed by atoms with Gasteiger partial charge in [-0.25, -0.2) is 4.79 Å². The van der Waals surface area contributed by atoms with E-state index in [2.05, 4.69) is 6.58 Å². The maximum Gasteiger partial charge on any atom is 0.347 e. The van der Waals surface area contributed by atoms with Gasteiger partial charge < -0.3 is 9.84 Å². The van der Waals surface area contributed by atoms with Gasteiger partial charge in [-0.15, -0.1) is 0 Å². The molecule has 6 heteroatoms. The third-order valence-electron chi connectivity index (χ3n) is 2.30. The average Bonchev–Trinajstić information content (AvgIpc) is 2.27. The van der Waals surface area contributed by atoms with E-state index in [4.69, 9.17) is 9.84 Å². The van der Waals surface area contributed by atoms with E-state index in [9.17, 15) is 14.9 Å². The molecule has 0 heterocycles. The first-order valence-corrected chi connectivity index (χ1v) is 5.11. The van der Waals surface area contributed by atoms with E-state index in [1.807, 2.05) is 0 Å². The summed E-state index contributed by atoms with van der Waals surface area (Å²) in [5, 5.41) is 19.8. The van der Waals surface area contributed by atoms with Crippen molar-refractivity contribution in [1.82, 2.24) is 0 Å². The molecule has 96 valence electrons. The van der Waals surface area contributed by atoms with E-state index in [0.29, 0.717) is 5.56 Å². The summed E-state index contributed by atoms with van der Waals surface area (Å²) < 4.78 is 5.21. The van der Waals surface area contributed by atoms with Gasteiger partial charge in [0.1, 0.15) is 0 Å². The van der Waals surface area contributed by atoms with Gasteiger partial charge in [-0.05, 0) is 31.5 Å². The lowest BCUT2D eigenvalue weighted by Gasteiger charge is -2.21. The number of aliphatic carboxylic acids is 1. The fourth-order valence-corrected chi connectivity index (χ4v) is 1.21. The van der Waals surface area contributed by atoms with Crippen molar-refractivity contribution >= 4 is 17.7 Å². The van der Waals surface area contributed by atoms with E-state index < -0.39 is 16.5 Å². The van der Waals surface area contributed by atoms with Crippen molar-refractivity contribution in [2.45, 2.75) is 19.4 Å². The second-order valence-electron chi connectivity index (χ2n) is 4.11. The molecule has 0 aliphatic carbocycles. The zero-order valence-electron chi connectivity index (χ0n) is 10.0. The number of rotatable bonds is 5. The molecule has 0 bridgehead atoms. The van der Waals surface area contributed by atoms with Gasteiger partial charge in [0, 0.05) is 6.07 Å². The van der Waals surface area contributed by atoms with Crippen molar-refractivity contribution < 1.29 is 19.6 Å². The van der Waals surface area contributed by atoms with Crippen LogP contribution in [0.4, 0.5) is 5.69 Å². The van der Waals surface area contributed by atoms with Crippen LogP contribution >= 0.6 is 0 Å². The van der Waals surface area contributed by atoms with Gasteiger partial charge in [0.05, 0.1) is 4.92 Å². The van der Waals surface area contributed by atoms with Crippen molar-refractivity contribution in [3.8, 4) is 5.75 Å². The summed E-state index contributed by atoms with van der Waals surface area (Å²) in [5.74, 6) is -1.30. The molecule has 0 saturated heterocycles. The molecule has 1 rings (SSSR count). The second-order valence-corrected chi connectivity index (χ2v) is 4.11. The monoisotopic (exact) mass is 251 g/mol. The van der Waals surface area contributed by atoms with Crippen LogP contribution in [0.5, 0.6) is 5.75 Å². The van der Waals surface area contributed by atoms with Crippen LogP contribution in [0, 0.1) is 10.1 Å². The number of carbonyl (C=O) groups is 1. The molecule has 0 atom stereocenters. The number of nitro groups is 1. The Morgan fingerprint density at radius 3 is 2.61 bits per heavy atom. The Morgan fingerprint density at radius 1 is 1.56 bits per heavy atom. The minimum Gasteiger partial charge on any atom is -0.478 e. The van der Waals surface area contributed by atoms with E-state index in [1.165, 1.54) is 38.1 Å². The molecule has 0 fully saturated rings. The van der Waals surface area contributed by atoms with Gasteiger partial charge in [0.15, 0.2) is 11.4 Å². The molecule has 6 nitrogen and oxygen atoms in total. The highest BCUT2D eigenvalue weighted by molar-refractivity contribution is 5.77. The van der Waals surface area contributed by atoms with Gasteiger partial charge >= 0.3 is 11.7 Å². The van der Waals surface area contributed by atoms with Crippen LogP contribution < -0.4 is 4.74 Å². The van der Waals surface area contributed by atoms with Crippen LogP contribution in [-0.2, 0) is 4.79 Å². The van der Waals surface area contributed by atoms with Crippen LogP contribution in [0.1, 0.15) is 19.4 Å². The van der Waals surface area contributed by atoms with Gasteiger partial charge in [-0.3, -0.25) is 10.1 Å². The number of carboxylic acid groups (broad SMARTS) is 1. The number of hydrogen-bond donors (Lipinski definition) is 1. The summed E-state index contributed by atoms with van der Waals surface area (Å²) >= 11 is 0. The molecule has 1 aromatic rings. The first-order valence-electron chi connectivity index (χ1n) is 5.11. The van der Waals surface area contributed by atoms with Crippen molar-refractivity contribution in [3.05, 3.63) is 40.5 Å². The Kier molecular flexibility index (Phi) is 3.70. The fraction of sp³-hybridized carbons (Fsp3) is 0.250. The predicted molar refractivity (Wildman–Crippen MR) is 65.5 cm³/mol. The first-order chi connectivity index (χ1) is 8.27. The largest absolute Gasteiger partial charge is 0.478 e. The Bertz CT molecular complexity index is 507. The van der Waals surface area contributed by atoms with E-state index in [1.54, 1.807) is 0 Å². The zero-order valence-corrected chi connectivity index (χ0v) is 10.0. The Hall–Kier alpha value is -2.37. The summed E-state index contributed by atoms with van der Waals surface area (Å²) in [4.78, 5) is 21.2. The molecular formula is C12H13NO5. The third kappa shape index (κ3) is 2.85. The van der Waals surface area contributed by atoms with Crippen LogP contribution in [-0.4, -0.2) is 21.6 Å². The van der Waals surface area contributed by atoms with Crippen LogP contribution in [0.3, 0.4) is 0 Å². The molecule has 18 heavy (non-hydrogen) atoms. The second kappa shape index (κ2) is 4.87. The van der Waals surface area contributed by atoms with Crippen molar-refractivity contribution in [2.24, 2.45) is 0 Å². The topological polar surface area (TPSA) is 89.7 Å². The summed E-state index contributed by atoms with van der Waals surface area (Å²) in [6, 6.07) is 4.14. The Morgan fingerprint density at radius 2 is 2.17 bits per heavy atom. The van der Waals surface area contributed by atoms with Crippen molar-refractivity contribution in [2.75, 3.05) is 0 Å². The highest BCUT2D eigenvalue weighted by Crippen LogP contribution is 2.31. The predicted octanol–water partition coefficient (Wildman–Crippen LogP) is 2.48. The number of hydrogen-bond acceptors (Lipinski definition) is 4. The minimum absolute atomic E-state index is 0.0928. The van der Waals surface area contributed by atoms with Gasteiger partial charge in [0.2, 0.25) is 0 Å². The summed E-state index contributed by atoms with van der Waals surface area (Å²) in [6.07, 6.45) is 1.49. The summed E-state index contributed by atoms with van der Waals surface area (Å²) in [6.45, 7) is 6.17.